The normalized spacial score (nSPS) is 10.8. The largest absolute Gasteiger partial charge is 0.421 e. The lowest BCUT2D eigenvalue weighted by molar-refractivity contribution is 0.0733. The fourth-order valence-corrected chi connectivity index (χ4v) is 4.01. The Labute approximate surface area is 201 Å². The quantitative estimate of drug-likeness (QED) is 0.182. The van der Waals surface area contributed by atoms with Gasteiger partial charge in [0.25, 0.3) is 0 Å². The molecule has 0 aliphatic carbocycles. The van der Waals surface area contributed by atoms with Gasteiger partial charge in [0.1, 0.15) is 0 Å². The predicted molar refractivity (Wildman–Crippen MR) is 139 cm³/mol. The molecule has 1 aromatic heterocycles. The highest BCUT2D eigenvalue weighted by Gasteiger charge is 2.10. The van der Waals surface area contributed by atoms with Crippen molar-refractivity contribution < 1.29 is 9.53 Å². The molecular weight excluding hydrogens is 408 g/mol. The number of esters is 1. The molecule has 2 rings (SSSR count). The number of carbonyl (C=O) groups is 1. The number of aromatic nitrogens is 1. The fraction of sp³-hybridized carbons (Fsp3) is 0.586. The van der Waals surface area contributed by atoms with Gasteiger partial charge in [0.2, 0.25) is 0 Å². The summed E-state index contributed by atoms with van der Waals surface area (Å²) in [6.07, 6.45) is 21.0. The number of aryl methyl sites for hydroxylation is 1. The first-order valence-electron chi connectivity index (χ1n) is 13.2. The lowest BCUT2D eigenvalue weighted by atomic mass is 10.0. The third kappa shape index (κ3) is 11.9. The van der Waals surface area contributed by atoms with Crippen LogP contribution in [0, 0.1) is 6.92 Å². The third-order valence-corrected chi connectivity index (χ3v) is 6.14. The Bertz CT molecular complexity index is 773. The molecule has 0 radical (unpaired) electrons. The molecule has 33 heavy (non-hydrogen) atoms. The zero-order chi connectivity index (χ0) is 23.6. The van der Waals surface area contributed by atoms with Crippen LogP contribution in [0.25, 0.3) is 0 Å². The van der Waals surface area contributed by atoms with E-state index in [0.717, 1.165) is 12.2 Å². The second-order valence-corrected chi connectivity index (χ2v) is 9.08. The van der Waals surface area contributed by atoms with Gasteiger partial charge in [-0.1, -0.05) is 90.4 Å². The first kappa shape index (κ1) is 26.9. The first-order valence-corrected chi connectivity index (χ1v) is 13.2. The third-order valence-electron chi connectivity index (χ3n) is 6.14. The number of hydrogen-bond donors (Lipinski definition) is 1. The van der Waals surface area contributed by atoms with Crippen LogP contribution in [0.5, 0.6) is 5.75 Å². The fourth-order valence-electron chi connectivity index (χ4n) is 4.01. The minimum atomic E-state index is -0.357. The van der Waals surface area contributed by atoms with E-state index in [1.165, 1.54) is 89.9 Å². The average molecular weight is 453 g/mol. The van der Waals surface area contributed by atoms with E-state index in [9.17, 15) is 4.79 Å². The van der Waals surface area contributed by atoms with Crippen molar-refractivity contribution in [3.8, 4) is 5.75 Å². The van der Waals surface area contributed by atoms with E-state index in [1.54, 1.807) is 18.3 Å². The van der Waals surface area contributed by atoms with Crippen LogP contribution >= 0.6 is 0 Å². The minimum Gasteiger partial charge on any atom is -0.421 e. The molecule has 0 aliphatic rings. The Morgan fingerprint density at radius 1 is 0.788 bits per heavy atom. The van der Waals surface area contributed by atoms with Gasteiger partial charge in [-0.15, -0.1) is 0 Å². The van der Waals surface area contributed by atoms with Crippen molar-refractivity contribution in [2.45, 2.75) is 104 Å². The summed E-state index contributed by atoms with van der Waals surface area (Å²) in [7, 11) is 0. The molecule has 2 aromatic rings. The van der Waals surface area contributed by atoms with E-state index >= 15 is 0 Å². The summed E-state index contributed by atoms with van der Waals surface area (Å²) in [5.41, 5.74) is 2.29. The number of rotatable bonds is 18. The Balaban J connectivity index is 1.46. The summed E-state index contributed by atoms with van der Waals surface area (Å²) < 4.78 is 5.44. The molecule has 4 nitrogen and oxygen atoms in total. The molecule has 0 saturated heterocycles. The van der Waals surface area contributed by atoms with E-state index in [-0.39, 0.29) is 5.97 Å². The lowest BCUT2D eigenvalue weighted by Gasteiger charge is -2.09. The van der Waals surface area contributed by atoms with Crippen molar-refractivity contribution in [2.75, 3.05) is 11.9 Å². The van der Waals surface area contributed by atoms with Crippen LogP contribution in [0.3, 0.4) is 0 Å². The number of pyridine rings is 1. The SMILES string of the molecule is CCCCCCCCCCCCCCCCNc1ccc(C(=O)Oc2cccnc2C)cc1. The molecule has 1 aromatic carbocycles. The number of nitrogens with zero attached hydrogens (tertiary/aromatic N) is 1. The van der Waals surface area contributed by atoms with Gasteiger partial charge in [-0.05, 0) is 49.7 Å². The topological polar surface area (TPSA) is 51.2 Å². The minimum absolute atomic E-state index is 0.357. The average Bonchev–Trinajstić information content (AvgIpc) is 2.83. The molecule has 182 valence electrons. The molecule has 0 fully saturated rings. The Morgan fingerprint density at radius 2 is 1.33 bits per heavy atom. The molecule has 0 aliphatic heterocycles. The molecule has 1 N–H and O–H groups in total. The van der Waals surface area contributed by atoms with E-state index in [0.29, 0.717) is 17.0 Å². The van der Waals surface area contributed by atoms with Gasteiger partial charge in [0.15, 0.2) is 5.75 Å². The van der Waals surface area contributed by atoms with Crippen LogP contribution in [0.2, 0.25) is 0 Å². The number of hydrogen-bond acceptors (Lipinski definition) is 4. The molecule has 0 saturated carbocycles. The first-order chi connectivity index (χ1) is 16.2. The lowest BCUT2D eigenvalue weighted by Crippen LogP contribution is -2.10. The summed E-state index contributed by atoms with van der Waals surface area (Å²) in [6, 6.07) is 11.0. The number of unbranched alkanes of at least 4 members (excludes halogenated alkanes) is 13. The smallest absolute Gasteiger partial charge is 0.343 e. The molecule has 0 amide bonds. The van der Waals surface area contributed by atoms with Gasteiger partial charge in [0.05, 0.1) is 11.3 Å². The van der Waals surface area contributed by atoms with E-state index < -0.39 is 0 Å². The van der Waals surface area contributed by atoms with Crippen LogP contribution in [0.4, 0.5) is 5.69 Å². The van der Waals surface area contributed by atoms with Crippen molar-refractivity contribution in [2.24, 2.45) is 0 Å². The molecule has 0 spiro atoms. The van der Waals surface area contributed by atoms with Crippen molar-refractivity contribution >= 4 is 11.7 Å². The highest BCUT2D eigenvalue weighted by atomic mass is 16.5. The maximum Gasteiger partial charge on any atom is 0.343 e. The van der Waals surface area contributed by atoms with Gasteiger partial charge in [0, 0.05) is 18.4 Å². The number of ether oxygens (including phenoxy) is 1. The Hall–Kier alpha value is -2.36. The van der Waals surface area contributed by atoms with Crippen LogP contribution in [0.15, 0.2) is 42.6 Å². The number of anilines is 1. The van der Waals surface area contributed by atoms with Crippen molar-refractivity contribution in [3.63, 3.8) is 0 Å². The van der Waals surface area contributed by atoms with E-state index in [2.05, 4.69) is 17.2 Å². The van der Waals surface area contributed by atoms with Crippen LogP contribution < -0.4 is 10.1 Å². The summed E-state index contributed by atoms with van der Waals surface area (Å²) in [5.74, 6) is 0.145. The molecule has 0 unspecified atom stereocenters. The summed E-state index contributed by atoms with van der Waals surface area (Å²) >= 11 is 0. The summed E-state index contributed by atoms with van der Waals surface area (Å²) in [6.45, 7) is 5.08. The molecule has 1 heterocycles. The highest BCUT2D eigenvalue weighted by Crippen LogP contribution is 2.17. The van der Waals surface area contributed by atoms with Gasteiger partial charge in [-0.3, -0.25) is 4.98 Å². The van der Waals surface area contributed by atoms with Crippen molar-refractivity contribution in [3.05, 3.63) is 53.9 Å². The molecular formula is C29H44N2O2. The molecule has 0 atom stereocenters. The van der Waals surface area contributed by atoms with E-state index in [4.69, 9.17) is 4.74 Å². The van der Waals surface area contributed by atoms with Gasteiger partial charge >= 0.3 is 5.97 Å². The van der Waals surface area contributed by atoms with Crippen LogP contribution in [-0.4, -0.2) is 17.5 Å². The maximum atomic E-state index is 12.3. The van der Waals surface area contributed by atoms with Gasteiger partial charge < -0.3 is 10.1 Å². The van der Waals surface area contributed by atoms with Crippen LogP contribution in [0.1, 0.15) is 113 Å². The monoisotopic (exact) mass is 452 g/mol. The molecule has 0 bridgehead atoms. The summed E-state index contributed by atoms with van der Waals surface area (Å²) in [5, 5.41) is 3.45. The zero-order valence-electron chi connectivity index (χ0n) is 20.9. The second kappa shape index (κ2) is 17.2. The Kier molecular flexibility index (Phi) is 14.0. The van der Waals surface area contributed by atoms with E-state index in [1.807, 2.05) is 31.2 Å². The van der Waals surface area contributed by atoms with Gasteiger partial charge in [-0.2, -0.15) is 0 Å². The number of nitrogens with one attached hydrogen (secondary N) is 1. The van der Waals surface area contributed by atoms with Crippen LogP contribution in [-0.2, 0) is 0 Å². The zero-order valence-corrected chi connectivity index (χ0v) is 20.9. The second-order valence-electron chi connectivity index (χ2n) is 9.08. The maximum absolute atomic E-state index is 12.3. The van der Waals surface area contributed by atoms with Gasteiger partial charge in [-0.25, -0.2) is 4.79 Å². The predicted octanol–water partition coefficient (Wildman–Crippen LogP) is 8.50. The number of benzene rings is 1. The number of carbonyl (C=O) groups excluding carboxylic acids is 1. The highest BCUT2D eigenvalue weighted by molar-refractivity contribution is 5.91. The van der Waals surface area contributed by atoms with Crippen molar-refractivity contribution in [1.29, 1.82) is 0 Å². The summed E-state index contributed by atoms with van der Waals surface area (Å²) in [4.78, 5) is 16.5. The molecule has 4 heteroatoms. The Morgan fingerprint density at radius 3 is 1.88 bits per heavy atom. The van der Waals surface area contributed by atoms with Crippen molar-refractivity contribution in [1.82, 2.24) is 4.98 Å². The standard InChI is InChI=1S/C29H44N2O2/c1-3-4-5-6-7-8-9-10-11-12-13-14-15-16-23-31-27-21-19-26(20-22-27)29(32)33-28-18-17-24-30-25(28)2/h17-22,24,31H,3-16,23H2,1-2H3.